The molecule has 0 heterocycles. The maximum atomic E-state index is 14.4. The molecule has 0 spiro atoms. The average molecular weight is 413 g/mol. The van der Waals surface area contributed by atoms with E-state index in [0.29, 0.717) is 11.5 Å². The van der Waals surface area contributed by atoms with Gasteiger partial charge in [0.05, 0.1) is 5.56 Å². The van der Waals surface area contributed by atoms with Crippen molar-refractivity contribution in [3.05, 3.63) is 94.8 Å². The van der Waals surface area contributed by atoms with Crippen molar-refractivity contribution in [1.29, 1.82) is 0 Å². The van der Waals surface area contributed by atoms with E-state index >= 15 is 0 Å². The highest BCUT2D eigenvalue weighted by atomic mass is 19.1. The van der Waals surface area contributed by atoms with Gasteiger partial charge in [-0.3, -0.25) is 0 Å². The standard InChI is InChI=1S/C30H33F/c1-4-6-7-8-24-9-15-27(16-10-24)28-17-11-25(12-18-28)13-19-29-20-14-26(22-30(29)31)21-23(3)5-2/h9-12,14-18,20,22-23H,4-8,21H2,1-3H3/t23-/m0/s1. The molecule has 0 aliphatic rings. The number of rotatable bonds is 8. The summed E-state index contributed by atoms with van der Waals surface area (Å²) >= 11 is 0. The van der Waals surface area contributed by atoms with Gasteiger partial charge in [-0.2, -0.15) is 0 Å². The van der Waals surface area contributed by atoms with Crippen molar-refractivity contribution in [2.24, 2.45) is 5.92 Å². The van der Waals surface area contributed by atoms with Crippen LogP contribution in [0.2, 0.25) is 0 Å². The lowest BCUT2D eigenvalue weighted by atomic mass is 9.98. The first-order valence-electron chi connectivity index (χ1n) is 11.6. The monoisotopic (exact) mass is 412 g/mol. The summed E-state index contributed by atoms with van der Waals surface area (Å²) in [6, 6.07) is 22.5. The van der Waals surface area contributed by atoms with Gasteiger partial charge >= 0.3 is 0 Å². The maximum Gasteiger partial charge on any atom is 0.139 e. The van der Waals surface area contributed by atoms with E-state index in [4.69, 9.17) is 0 Å². The van der Waals surface area contributed by atoms with E-state index in [0.717, 1.165) is 30.4 Å². The minimum absolute atomic E-state index is 0.232. The van der Waals surface area contributed by atoms with Crippen molar-refractivity contribution >= 4 is 0 Å². The highest BCUT2D eigenvalue weighted by Crippen LogP contribution is 2.21. The molecule has 0 aliphatic heterocycles. The van der Waals surface area contributed by atoms with Crippen LogP contribution in [0.15, 0.2) is 66.7 Å². The van der Waals surface area contributed by atoms with Crippen molar-refractivity contribution in [2.45, 2.75) is 59.3 Å². The molecule has 3 aromatic rings. The minimum atomic E-state index is -0.232. The lowest BCUT2D eigenvalue weighted by Gasteiger charge is -2.08. The van der Waals surface area contributed by atoms with E-state index in [-0.39, 0.29) is 5.82 Å². The van der Waals surface area contributed by atoms with Crippen LogP contribution in [0.1, 0.15) is 68.7 Å². The smallest absolute Gasteiger partial charge is 0.139 e. The zero-order chi connectivity index (χ0) is 22.1. The molecule has 0 aliphatic carbocycles. The molecule has 0 radical (unpaired) electrons. The molecule has 0 nitrogen and oxygen atoms in total. The third-order valence-corrected chi connectivity index (χ3v) is 5.90. The quantitative estimate of drug-likeness (QED) is 0.258. The highest BCUT2D eigenvalue weighted by Gasteiger charge is 2.05. The summed E-state index contributed by atoms with van der Waals surface area (Å²) in [6.07, 6.45) is 6.95. The van der Waals surface area contributed by atoms with Gasteiger partial charge in [-0.15, -0.1) is 0 Å². The fourth-order valence-electron chi connectivity index (χ4n) is 3.66. The van der Waals surface area contributed by atoms with Crippen molar-refractivity contribution in [2.75, 3.05) is 0 Å². The molecule has 3 aromatic carbocycles. The van der Waals surface area contributed by atoms with Gasteiger partial charge < -0.3 is 0 Å². The Hall–Kier alpha value is -2.85. The number of hydrogen-bond acceptors (Lipinski definition) is 0. The molecule has 0 N–H and O–H groups in total. The Kier molecular flexibility index (Phi) is 8.48. The second-order valence-electron chi connectivity index (χ2n) is 8.51. The molecule has 0 unspecified atom stereocenters. The summed E-state index contributed by atoms with van der Waals surface area (Å²) < 4.78 is 14.4. The first kappa shape index (κ1) is 22.8. The zero-order valence-electron chi connectivity index (χ0n) is 19.0. The predicted octanol–water partition coefficient (Wildman–Crippen LogP) is 8.21. The maximum absolute atomic E-state index is 14.4. The molecule has 0 saturated carbocycles. The first-order chi connectivity index (χ1) is 15.1. The fourth-order valence-corrected chi connectivity index (χ4v) is 3.66. The lowest BCUT2D eigenvalue weighted by Crippen LogP contribution is -1.98. The van der Waals surface area contributed by atoms with Gasteiger partial charge in [0.25, 0.3) is 0 Å². The van der Waals surface area contributed by atoms with Crippen LogP contribution < -0.4 is 0 Å². The van der Waals surface area contributed by atoms with Crippen LogP contribution in [0.5, 0.6) is 0 Å². The van der Waals surface area contributed by atoms with Gasteiger partial charge in [0.15, 0.2) is 0 Å². The van der Waals surface area contributed by atoms with E-state index in [2.05, 4.69) is 69.0 Å². The second-order valence-corrected chi connectivity index (χ2v) is 8.51. The first-order valence-corrected chi connectivity index (χ1v) is 11.6. The number of halogens is 1. The molecule has 1 atom stereocenters. The molecule has 31 heavy (non-hydrogen) atoms. The Bertz CT molecular complexity index is 1020. The summed E-state index contributed by atoms with van der Waals surface area (Å²) in [7, 11) is 0. The van der Waals surface area contributed by atoms with Crippen molar-refractivity contribution in [3.8, 4) is 23.0 Å². The summed E-state index contributed by atoms with van der Waals surface area (Å²) in [6.45, 7) is 6.59. The molecule has 0 fully saturated rings. The predicted molar refractivity (Wildman–Crippen MR) is 131 cm³/mol. The lowest BCUT2D eigenvalue weighted by molar-refractivity contribution is 0.555. The Balaban J connectivity index is 1.66. The molecule has 0 amide bonds. The van der Waals surface area contributed by atoms with Gasteiger partial charge in [0.2, 0.25) is 0 Å². The van der Waals surface area contributed by atoms with Gasteiger partial charge in [0.1, 0.15) is 5.82 Å². The van der Waals surface area contributed by atoms with E-state index in [9.17, 15) is 4.39 Å². The molecule has 160 valence electrons. The van der Waals surface area contributed by atoms with Gasteiger partial charge in [0, 0.05) is 5.56 Å². The number of hydrogen-bond donors (Lipinski definition) is 0. The summed E-state index contributed by atoms with van der Waals surface area (Å²) in [5.41, 5.74) is 6.17. The molecule has 0 saturated heterocycles. The topological polar surface area (TPSA) is 0 Å². The fraction of sp³-hybridized carbons (Fsp3) is 0.333. The van der Waals surface area contributed by atoms with Crippen LogP contribution in [0.3, 0.4) is 0 Å². The number of unbranched alkanes of at least 4 members (excludes halogenated alkanes) is 2. The summed E-state index contributed by atoms with van der Waals surface area (Å²) in [5.74, 6) is 6.42. The van der Waals surface area contributed by atoms with Crippen LogP contribution in [0.25, 0.3) is 11.1 Å². The van der Waals surface area contributed by atoms with E-state index in [1.165, 1.54) is 36.0 Å². The van der Waals surface area contributed by atoms with Crippen molar-refractivity contribution in [1.82, 2.24) is 0 Å². The Morgan fingerprint density at radius 2 is 1.42 bits per heavy atom. The molecule has 1 heteroatoms. The van der Waals surface area contributed by atoms with E-state index in [1.54, 1.807) is 12.1 Å². The van der Waals surface area contributed by atoms with Crippen LogP contribution >= 0.6 is 0 Å². The molecular formula is C30H33F. The average Bonchev–Trinajstić information content (AvgIpc) is 2.79. The Morgan fingerprint density at radius 1 is 0.774 bits per heavy atom. The van der Waals surface area contributed by atoms with Crippen LogP contribution in [0, 0.1) is 23.6 Å². The number of benzene rings is 3. The number of aryl methyl sites for hydroxylation is 1. The summed E-state index contributed by atoms with van der Waals surface area (Å²) in [5, 5.41) is 0. The zero-order valence-corrected chi connectivity index (χ0v) is 19.0. The van der Waals surface area contributed by atoms with E-state index < -0.39 is 0 Å². The highest BCUT2D eigenvalue weighted by molar-refractivity contribution is 5.64. The second kappa shape index (κ2) is 11.5. The molecule has 3 rings (SSSR count). The third kappa shape index (κ3) is 6.83. The molecule has 0 bridgehead atoms. The van der Waals surface area contributed by atoms with E-state index in [1.807, 2.05) is 18.2 Å². The van der Waals surface area contributed by atoms with Crippen LogP contribution in [-0.2, 0) is 12.8 Å². The molecule has 0 aromatic heterocycles. The van der Waals surface area contributed by atoms with Gasteiger partial charge in [-0.05, 0) is 71.7 Å². The molecular weight excluding hydrogens is 379 g/mol. The summed E-state index contributed by atoms with van der Waals surface area (Å²) in [4.78, 5) is 0. The van der Waals surface area contributed by atoms with Crippen molar-refractivity contribution in [3.63, 3.8) is 0 Å². The minimum Gasteiger partial charge on any atom is -0.206 e. The largest absolute Gasteiger partial charge is 0.206 e. The Morgan fingerprint density at radius 3 is 2.03 bits per heavy atom. The Labute approximate surface area is 187 Å². The van der Waals surface area contributed by atoms with Crippen LogP contribution in [0.4, 0.5) is 4.39 Å². The third-order valence-electron chi connectivity index (χ3n) is 5.90. The normalized spacial score (nSPS) is 11.6. The van der Waals surface area contributed by atoms with Gasteiger partial charge in [-0.25, -0.2) is 4.39 Å². The van der Waals surface area contributed by atoms with Gasteiger partial charge in [-0.1, -0.05) is 94.3 Å². The SMILES string of the molecule is CCCCCc1ccc(-c2ccc(C#Cc3ccc(C[C@@H](C)CC)cc3F)cc2)cc1. The van der Waals surface area contributed by atoms with Crippen LogP contribution in [-0.4, -0.2) is 0 Å². The van der Waals surface area contributed by atoms with Crippen molar-refractivity contribution < 1.29 is 4.39 Å².